The van der Waals surface area contributed by atoms with Gasteiger partial charge >= 0.3 is 0 Å². The maximum absolute atomic E-state index is 4.28. The van der Waals surface area contributed by atoms with Gasteiger partial charge in [0.05, 0.1) is 11.6 Å². The SMILES string of the molecule is CN=C(NCc1cnc(C)s1)NC(C)Cc1ccc(C)s1.I. The molecule has 0 saturated heterocycles. The third-order valence-electron chi connectivity index (χ3n) is 3.01. The molecule has 2 aromatic rings. The van der Waals surface area contributed by atoms with Crippen molar-refractivity contribution in [3.63, 3.8) is 0 Å². The normalized spacial score (nSPS) is 12.6. The van der Waals surface area contributed by atoms with E-state index in [-0.39, 0.29) is 24.0 Å². The van der Waals surface area contributed by atoms with Crippen molar-refractivity contribution in [2.45, 2.75) is 39.8 Å². The lowest BCUT2D eigenvalue weighted by atomic mass is 10.2. The van der Waals surface area contributed by atoms with Gasteiger partial charge in [0.15, 0.2) is 5.96 Å². The zero-order valence-electron chi connectivity index (χ0n) is 13.3. The number of guanidine groups is 1. The fraction of sp³-hybridized carbons (Fsp3) is 0.467. The van der Waals surface area contributed by atoms with Crippen LogP contribution in [0.4, 0.5) is 0 Å². The first-order valence-electron chi connectivity index (χ1n) is 7.00. The van der Waals surface area contributed by atoms with Crippen molar-refractivity contribution in [2.75, 3.05) is 7.05 Å². The highest BCUT2D eigenvalue weighted by Crippen LogP contribution is 2.16. The van der Waals surface area contributed by atoms with Crippen LogP contribution in [0.5, 0.6) is 0 Å². The molecule has 0 aliphatic rings. The van der Waals surface area contributed by atoms with Crippen LogP contribution in [0.2, 0.25) is 0 Å². The summed E-state index contributed by atoms with van der Waals surface area (Å²) in [5, 5.41) is 7.86. The summed E-state index contributed by atoms with van der Waals surface area (Å²) in [6, 6.07) is 4.72. The van der Waals surface area contributed by atoms with Crippen LogP contribution in [-0.4, -0.2) is 24.0 Å². The van der Waals surface area contributed by atoms with Gasteiger partial charge in [-0.05, 0) is 32.9 Å². The zero-order valence-corrected chi connectivity index (χ0v) is 17.3. The van der Waals surface area contributed by atoms with E-state index in [9.17, 15) is 0 Å². The van der Waals surface area contributed by atoms with E-state index in [2.05, 4.69) is 46.6 Å². The third kappa shape index (κ3) is 6.21. The van der Waals surface area contributed by atoms with E-state index in [0.717, 1.165) is 23.9 Å². The number of aromatic nitrogens is 1. The third-order valence-corrected chi connectivity index (χ3v) is 4.95. The summed E-state index contributed by atoms with van der Waals surface area (Å²) < 4.78 is 0. The quantitative estimate of drug-likeness (QED) is 0.415. The molecule has 7 heteroatoms. The summed E-state index contributed by atoms with van der Waals surface area (Å²) >= 11 is 3.57. The van der Waals surface area contributed by atoms with E-state index < -0.39 is 0 Å². The molecule has 1 unspecified atom stereocenters. The average molecular weight is 450 g/mol. The molecule has 2 heterocycles. The molecule has 0 spiro atoms. The first kappa shape index (κ1) is 19.4. The smallest absolute Gasteiger partial charge is 0.191 e. The fourth-order valence-electron chi connectivity index (χ4n) is 2.03. The number of hydrogen-bond donors (Lipinski definition) is 2. The number of rotatable bonds is 5. The molecule has 0 aliphatic carbocycles. The lowest BCUT2D eigenvalue weighted by molar-refractivity contribution is 0.645. The molecule has 22 heavy (non-hydrogen) atoms. The Balaban J connectivity index is 0.00000242. The average Bonchev–Trinajstić information content (AvgIpc) is 3.03. The molecular formula is C15H23IN4S2. The van der Waals surface area contributed by atoms with Gasteiger partial charge in [-0.15, -0.1) is 46.7 Å². The van der Waals surface area contributed by atoms with E-state index in [1.807, 2.05) is 24.5 Å². The Labute approximate surface area is 157 Å². The molecule has 2 rings (SSSR count). The monoisotopic (exact) mass is 450 g/mol. The second-order valence-electron chi connectivity index (χ2n) is 5.03. The maximum atomic E-state index is 4.28. The minimum atomic E-state index is 0. The van der Waals surface area contributed by atoms with Gasteiger partial charge in [-0.25, -0.2) is 4.98 Å². The van der Waals surface area contributed by atoms with Crippen LogP contribution >= 0.6 is 46.7 Å². The summed E-state index contributed by atoms with van der Waals surface area (Å²) in [4.78, 5) is 12.5. The number of thiazole rings is 1. The number of nitrogens with one attached hydrogen (secondary N) is 2. The van der Waals surface area contributed by atoms with Crippen molar-refractivity contribution in [2.24, 2.45) is 4.99 Å². The molecule has 0 aliphatic heterocycles. The molecular weight excluding hydrogens is 427 g/mol. The lowest BCUT2D eigenvalue weighted by Crippen LogP contribution is -2.42. The van der Waals surface area contributed by atoms with Crippen molar-refractivity contribution < 1.29 is 0 Å². The number of hydrogen-bond acceptors (Lipinski definition) is 4. The van der Waals surface area contributed by atoms with Crippen molar-refractivity contribution in [3.05, 3.63) is 38.0 Å². The second kappa shape index (κ2) is 9.46. The van der Waals surface area contributed by atoms with Crippen LogP contribution in [0, 0.1) is 13.8 Å². The van der Waals surface area contributed by atoms with E-state index in [1.54, 1.807) is 18.4 Å². The summed E-state index contributed by atoms with van der Waals surface area (Å²) in [7, 11) is 1.80. The predicted molar refractivity (Wildman–Crippen MR) is 108 cm³/mol. The molecule has 0 bridgehead atoms. The van der Waals surface area contributed by atoms with Gasteiger partial charge in [0.1, 0.15) is 0 Å². The molecule has 2 aromatic heterocycles. The number of aryl methyl sites for hydroxylation is 2. The van der Waals surface area contributed by atoms with Gasteiger partial charge in [0.2, 0.25) is 0 Å². The highest BCUT2D eigenvalue weighted by atomic mass is 127. The fourth-order valence-corrected chi connectivity index (χ4v) is 3.79. The van der Waals surface area contributed by atoms with Gasteiger partial charge in [-0.2, -0.15) is 0 Å². The minimum absolute atomic E-state index is 0. The topological polar surface area (TPSA) is 49.3 Å². The number of thiophene rings is 1. The van der Waals surface area contributed by atoms with Crippen LogP contribution in [0.3, 0.4) is 0 Å². The molecule has 0 fully saturated rings. The Morgan fingerprint density at radius 3 is 2.59 bits per heavy atom. The van der Waals surface area contributed by atoms with Crippen LogP contribution in [-0.2, 0) is 13.0 Å². The molecule has 122 valence electrons. The van der Waals surface area contributed by atoms with Crippen LogP contribution < -0.4 is 10.6 Å². The van der Waals surface area contributed by atoms with Crippen molar-refractivity contribution in [1.82, 2.24) is 15.6 Å². The first-order valence-corrected chi connectivity index (χ1v) is 8.64. The summed E-state index contributed by atoms with van der Waals surface area (Å²) in [5.74, 6) is 0.835. The Bertz CT molecular complexity index is 606. The van der Waals surface area contributed by atoms with Gasteiger partial charge in [-0.1, -0.05) is 0 Å². The summed E-state index contributed by atoms with van der Waals surface area (Å²) in [6.07, 6.45) is 2.93. The van der Waals surface area contributed by atoms with E-state index in [0.29, 0.717) is 6.04 Å². The van der Waals surface area contributed by atoms with E-state index in [1.165, 1.54) is 14.6 Å². The Morgan fingerprint density at radius 2 is 2.05 bits per heavy atom. The van der Waals surface area contributed by atoms with Crippen molar-refractivity contribution in [1.29, 1.82) is 0 Å². The molecule has 0 radical (unpaired) electrons. The Morgan fingerprint density at radius 1 is 1.27 bits per heavy atom. The molecule has 1 atom stereocenters. The van der Waals surface area contributed by atoms with Gasteiger partial charge in [-0.3, -0.25) is 4.99 Å². The van der Waals surface area contributed by atoms with Crippen LogP contribution in [0.1, 0.15) is 26.6 Å². The summed E-state index contributed by atoms with van der Waals surface area (Å²) in [5.41, 5.74) is 0. The number of halogens is 1. The molecule has 0 amide bonds. The largest absolute Gasteiger partial charge is 0.354 e. The van der Waals surface area contributed by atoms with Gasteiger partial charge in [0.25, 0.3) is 0 Å². The molecule has 0 aromatic carbocycles. The first-order chi connectivity index (χ1) is 10.1. The minimum Gasteiger partial charge on any atom is -0.354 e. The second-order valence-corrected chi connectivity index (χ2v) is 7.73. The molecule has 2 N–H and O–H groups in total. The van der Waals surface area contributed by atoms with Crippen molar-refractivity contribution >= 4 is 52.6 Å². The highest BCUT2D eigenvalue weighted by Gasteiger charge is 2.08. The number of nitrogens with zero attached hydrogens (tertiary/aromatic N) is 2. The summed E-state index contributed by atoms with van der Waals surface area (Å²) in [6.45, 7) is 7.10. The Hall–Kier alpha value is -0.670. The van der Waals surface area contributed by atoms with Crippen molar-refractivity contribution in [3.8, 4) is 0 Å². The highest BCUT2D eigenvalue weighted by molar-refractivity contribution is 14.0. The standard InChI is InChI=1S/C15H22N4S2.HI/c1-10(7-13-6-5-11(2)20-13)19-15(16-4)18-9-14-8-17-12(3)21-14;/h5-6,8,10H,7,9H2,1-4H3,(H2,16,18,19);1H. The van der Waals surface area contributed by atoms with Crippen LogP contribution in [0.15, 0.2) is 23.3 Å². The maximum Gasteiger partial charge on any atom is 0.191 e. The molecule has 0 saturated carbocycles. The van der Waals surface area contributed by atoms with Gasteiger partial charge < -0.3 is 10.6 Å². The predicted octanol–water partition coefficient (Wildman–Crippen LogP) is 3.74. The lowest BCUT2D eigenvalue weighted by Gasteiger charge is -2.17. The molecule has 4 nitrogen and oxygen atoms in total. The van der Waals surface area contributed by atoms with E-state index >= 15 is 0 Å². The number of aliphatic imine (C=N–C) groups is 1. The van der Waals surface area contributed by atoms with Crippen LogP contribution in [0.25, 0.3) is 0 Å². The Kier molecular flexibility index (Phi) is 8.34. The zero-order chi connectivity index (χ0) is 15.2. The van der Waals surface area contributed by atoms with Gasteiger partial charge in [0, 0.05) is 40.3 Å². The van der Waals surface area contributed by atoms with E-state index in [4.69, 9.17) is 0 Å².